The third kappa shape index (κ3) is 3.43. The van der Waals surface area contributed by atoms with Gasteiger partial charge in [-0.05, 0) is 16.7 Å². The molecule has 0 saturated heterocycles. The normalized spacial score (nSPS) is 9.41. The molecule has 0 aromatic heterocycles. The Balaban J connectivity index is 0.00000144. The molecule has 3 N–H and O–H groups in total. The smallest absolute Gasteiger partial charge is 0.307 e. The van der Waals surface area contributed by atoms with E-state index in [2.05, 4.69) is 0 Å². The number of hydrogen-bond acceptors (Lipinski definition) is 1. The summed E-state index contributed by atoms with van der Waals surface area (Å²) in [5.41, 5.74) is 3.08. The van der Waals surface area contributed by atoms with E-state index in [-0.39, 0.29) is 11.9 Å². The second-order valence-corrected chi connectivity index (χ2v) is 3.63. The van der Waals surface area contributed by atoms with Crippen molar-refractivity contribution >= 4 is 5.97 Å². The summed E-state index contributed by atoms with van der Waals surface area (Å²) in [6.45, 7) is 0. The number of aliphatic carboxylic acids is 1. The predicted octanol–water partition coefficient (Wildman–Crippen LogP) is 2.16. The van der Waals surface area contributed by atoms with E-state index in [1.807, 2.05) is 54.6 Å². The van der Waals surface area contributed by atoms with E-state index >= 15 is 0 Å². The van der Waals surface area contributed by atoms with Gasteiger partial charge in [0.1, 0.15) is 0 Å². The van der Waals surface area contributed by atoms with E-state index in [1.165, 1.54) is 0 Å². The van der Waals surface area contributed by atoms with Gasteiger partial charge in [-0.25, -0.2) is 0 Å². The lowest BCUT2D eigenvalue weighted by Gasteiger charge is -2.02. The minimum Gasteiger partial charge on any atom is -0.481 e. The monoisotopic (exact) mass is 230 g/mol. The van der Waals surface area contributed by atoms with Crippen LogP contribution in [-0.4, -0.2) is 16.6 Å². The van der Waals surface area contributed by atoms with Crippen molar-refractivity contribution in [1.82, 2.24) is 0 Å². The van der Waals surface area contributed by atoms with Crippen molar-refractivity contribution in [3.8, 4) is 11.1 Å². The fraction of sp³-hybridized carbons (Fsp3) is 0.0714. The lowest BCUT2D eigenvalue weighted by atomic mass is 10.0. The molecule has 0 fully saturated rings. The first-order valence-corrected chi connectivity index (χ1v) is 5.12. The molecule has 2 aromatic carbocycles. The van der Waals surface area contributed by atoms with Gasteiger partial charge in [0.25, 0.3) is 0 Å². The van der Waals surface area contributed by atoms with Crippen LogP contribution in [0.2, 0.25) is 0 Å². The largest absolute Gasteiger partial charge is 0.481 e. The molecule has 0 aliphatic heterocycles. The van der Waals surface area contributed by atoms with Gasteiger partial charge in [-0.2, -0.15) is 0 Å². The SMILES string of the molecule is O.O=C(O)Cc1ccc(-c2ccccc2)cc1. The van der Waals surface area contributed by atoms with Crippen LogP contribution in [-0.2, 0) is 11.2 Å². The summed E-state index contributed by atoms with van der Waals surface area (Å²) in [4.78, 5) is 10.5. The molecule has 3 nitrogen and oxygen atoms in total. The van der Waals surface area contributed by atoms with E-state index in [1.54, 1.807) is 0 Å². The molecule has 0 spiro atoms. The predicted molar refractivity (Wildman–Crippen MR) is 66.8 cm³/mol. The number of carboxylic acid groups (broad SMARTS) is 1. The van der Waals surface area contributed by atoms with Gasteiger partial charge in [-0.1, -0.05) is 54.6 Å². The summed E-state index contributed by atoms with van der Waals surface area (Å²) in [5, 5.41) is 8.65. The van der Waals surface area contributed by atoms with Crippen LogP contribution in [0.3, 0.4) is 0 Å². The van der Waals surface area contributed by atoms with Crippen molar-refractivity contribution in [2.24, 2.45) is 0 Å². The summed E-state index contributed by atoms with van der Waals surface area (Å²) in [6, 6.07) is 17.6. The van der Waals surface area contributed by atoms with Crippen molar-refractivity contribution in [2.45, 2.75) is 6.42 Å². The average Bonchev–Trinajstić information content (AvgIpc) is 2.30. The molecule has 0 atom stereocenters. The third-order valence-electron chi connectivity index (χ3n) is 2.42. The molecule has 0 saturated carbocycles. The summed E-state index contributed by atoms with van der Waals surface area (Å²) in [6.07, 6.45) is 0.0784. The Kier molecular flexibility index (Phi) is 4.43. The van der Waals surface area contributed by atoms with Gasteiger partial charge in [0.15, 0.2) is 0 Å². The van der Waals surface area contributed by atoms with Crippen molar-refractivity contribution in [2.75, 3.05) is 0 Å². The second kappa shape index (κ2) is 5.82. The maximum atomic E-state index is 10.5. The maximum absolute atomic E-state index is 10.5. The van der Waals surface area contributed by atoms with E-state index in [0.29, 0.717) is 0 Å². The highest BCUT2D eigenvalue weighted by Crippen LogP contribution is 2.19. The summed E-state index contributed by atoms with van der Waals surface area (Å²) >= 11 is 0. The molecule has 0 unspecified atom stereocenters. The molecular weight excluding hydrogens is 216 g/mol. The molecule has 0 aliphatic rings. The summed E-state index contributed by atoms with van der Waals surface area (Å²) < 4.78 is 0. The van der Waals surface area contributed by atoms with Crippen LogP contribution in [0.15, 0.2) is 54.6 Å². The Morgan fingerprint density at radius 3 is 1.94 bits per heavy atom. The lowest BCUT2D eigenvalue weighted by molar-refractivity contribution is -0.136. The van der Waals surface area contributed by atoms with Gasteiger partial charge in [-0.3, -0.25) is 4.79 Å². The van der Waals surface area contributed by atoms with Crippen LogP contribution in [0, 0.1) is 0 Å². The summed E-state index contributed by atoms with van der Waals surface area (Å²) in [5.74, 6) is -0.799. The molecule has 17 heavy (non-hydrogen) atoms. The molecule has 0 radical (unpaired) electrons. The van der Waals surface area contributed by atoms with Gasteiger partial charge < -0.3 is 10.6 Å². The highest BCUT2D eigenvalue weighted by Gasteiger charge is 2.01. The minimum atomic E-state index is -0.799. The van der Waals surface area contributed by atoms with E-state index in [4.69, 9.17) is 5.11 Å². The topological polar surface area (TPSA) is 68.8 Å². The van der Waals surface area contributed by atoms with Crippen LogP contribution in [0.5, 0.6) is 0 Å². The standard InChI is InChI=1S/C14H12O2.H2O/c15-14(16)10-11-6-8-13(9-7-11)12-4-2-1-3-5-12;/h1-9H,10H2,(H,15,16);1H2. The summed E-state index contributed by atoms with van der Waals surface area (Å²) in [7, 11) is 0. The van der Waals surface area contributed by atoms with Gasteiger partial charge in [0.2, 0.25) is 0 Å². The number of benzene rings is 2. The van der Waals surface area contributed by atoms with Crippen LogP contribution in [0.4, 0.5) is 0 Å². The highest BCUT2D eigenvalue weighted by molar-refractivity contribution is 5.71. The number of carbonyl (C=O) groups is 1. The van der Waals surface area contributed by atoms with Crippen molar-refractivity contribution in [3.63, 3.8) is 0 Å². The van der Waals surface area contributed by atoms with Gasteiger partial charge in [0, 0.05) is 0 Å². The zero-order valence-electron chi connectivity index (χ0n) is 9.26. The van der Waals surface area contributed by atoms with Crippen molar-refractivity contribution in [3.05, 3.63) is 60.2 Å². The molecule has 2 aromatic rings. The van der Waals surface area contributed by atoms with Gasteiger partial charge in [-0.15, -0.1) is 0 Å². The van der Waals surface area contributed by atoms with E-state index in [0.717, 1.165) is 16.7 Å². The molecule has 0 amide bonds. The van der Waals surface area contributed by atoms with Crippen LogP contribution < -0.4 is 0 Å². The quantitative estimate of drug-likeness (QED) is 0.877. The Morgan fingerprint density at radius 1 is 0.882 bits per heavy atom. The second-order valence-electron chi connectivity index (χ2n) is 3.63. The Labute approximate surface area is 99.7 Å². The molecule has 0 bridgehead atoms. The van der Waals surface area contributed by atoms with Crippen molar-refractivity contribution in [1.29, 1.82) is 0 Å². The number of carboxylic acids is 1. The zero-order chi connectivity index (χ0) is 11.4. The molecule has 0 aliphatic carbocycles. The first-order valence-electron chi connectivity index (χ1n) is 5.12. The van der Waals surface area contributed by atoms with E-state index < -0.39 is 5.97 Å². The highest BCUT2D eigenvalue weighted by atomic mass is 16.4. The Hall–Kier alpha value is -2.13. The van der Waals surface area contributed by atoms with Crippen molar-refractivity contribution < 1.29 is 15.4 Å². The Morgan fingerprint density at radius 2 is 1.41 bits per heavy atom. The molecule has 2 rings (SSSR count). The lowest BCUT2D eigenvalue weighted by Crippen LogP contribution is -1.99. The number of hydrogen-bond donors (Lipinski definition) is 1. The fourth-order valence-electron chi connectivity index (χ4n) is 1.62. The fourth-order valence-corrected chi connectivity index (χ4v) is 1.62. The molecule has 3 heteroatoms. The van der Waals surface area contributed by atoms with Gasteiger partial charge >= 0.3 is 5.97 Å². The van der Waals surface area contributed by atoms with Crippen LogP contribution in [0.25, 0.3) is 11.1 Å². The van der Waals surface area contributed by atoms with E-state index in [9.17, 15) is 4.79 Å². The third-order valence-corrected chi connectivity index (χ3v) is 2.42. The molecule has 88 valence electrons. The first-order chi connectivity index (χ1) is 7.75. The number of rotatable bonds is 3. The molecular formula is C14H14O3. The maximum Gasteiger partial charge on any atom is 0.307 e. The average molecular weight is 230 g/mol. The molecule has 0 heterocycles. The van der Waals surface area contributed by atoms with Crippen LogP contribution >= 0.6 is 0 Å². The van der Waals surface area contributed by atoms with Crippen LogP contribution in [0.1, 0.15) is 5.56 Å². The zero-order valence-corrected chi connectivity index (χ0v) is 9.26. The Bertz CT molecular complexity index is 475. The van der Waals surface area contributed by atoms with Gasteiger partial charge in [0.05, 0.1) is 6.42 Å². The minimum absolute atomic E-state index is 0. The first kappa shape index (κ1) is 12.9.